The highest BCUT2D eigenvalue weighted by atomic mass is 32.1. The molecular formula is C61H38N2S. The Hall–Kier alpha value is -7.98. The zero-order valence-corrected chi connectivity index (χ0v) is 35.6. The average Bonchev–Trinajstić information content (AvgIpc) is 4.09. The molecule has 3 heteroatoms. The van der Waals surface area contributed by atoms with Crippen LogP contribution in [0.1, 0.15) is 22.3 Å². The Morgan fingerprint density at radius 3 is 1.66 bits per heavy atom. The van der Waals surface area contributed by atoms with Crippen LogP contribution in [0.5, 0.6) is 0 Å². The second-order valence-electron chi connectivity index (χ2n) is 17.1. The molecule has 2 aliphatic rings. The van der Waals surface area contributed by atoms with Crippen LogP contribution in [0.2, 0.25) is 0 Å². The van der Waals surface area contributed by atoms with Crippen LogP contribution in [-0.4, -0.2) is 4.57 Å². The third kappa shape index (κ3) is 4.79. The zero-order chi connectivity index (χ0) is 41.9. The lowest BCUT2D eigenvalue weighted by Gasteiger charge is -2.31. The SMILES string of the molecule is c1ccc(-c2ccc(N(c3ccccc3)c3ccc4c(c3)-c3c(ccc5c3sc3c5ccc5c3c3ccccc3n5-c3ccccc3)C43c4ccccc4-c4ccccc43)cc2)cc1. The van der Waals surface area contributed by atoms with E-state index in [4.69, 9.17) is 0 Å². The van der Waals surface area contributed by atoms with Gasteiger partial charge in [-0.15, -0.1) is 11.3 Å². The van der Waals surface area contributed by atoms with E-state index < -0.39 is 5.41 Å². The largest absolute Gasteiger partial charge is 0.310 e. The summed E-state index contributed by atoms with van der Waals surface area (Å²) in [4.78, 5) is 2.42. The van der Waals surface area contributed by atoms with Gasteiger partial charge in [-0.3, -0.25) is 0 Å². The minimum absolute atomic E-state index is 0.464. The third-order valence-corrected chi connectivity index (χ3v) is 15.3. The number of thiophene rings is 1. The first-order chi connectivity index (χ1) is 31.8. The number of benzene rings is 10. The van der Waals surface area contributed by atoms with Crippen LogP contribution >= 0.6 is 11.3 Å². The van der Waals surface area contributed by atoms with Gasteiger partial charge in [0.25, 0.3) is 0 Å². The maximum absolute atomic E-state index is 2.49. The highest BCUT2D eigenvalue weighted by Gasteiger charge is 2.52. The number of fused-ring (bicyclic) bond motifs is 18. The van der Waals surface area contributed by atoms with Crippen molar-refractivity contribution in [3.63, 3.8) is 0 Å². The number of nitrogens with zero attached hydrogens (tertiary/aromatic N) is 2. The van der Waals surface area contributed by atoms with Gasteiger partial charge in [-0.25, -0.2) is 0 Å². The van der Waals surface area contributed by atoms with Crippen molar-refractivity contribution in [1.29, 1.82) is 0 Å². The van der Waals surface area contributed by atoms with Crippen LogP contribution in [0.25, 0.3) is 81.0 Å². The molecule has 0 saturated carbocycles. The van der Waals surface area contributed by atoms with Crippen molar-refractivity contribution < 1.29 is 0 Å². The predicted molar refractivity (Wildman–Crippen MR) is 270 cm³/mol. The lowest BCUT2D eigenvalue weighted by Crippen LogP contribution is -2.25. The molecule has 0 aliphatic heterocycles. The van der Waals surface area contributed by atoms with E-state index in [2.05, 4.69) is 240 Å². The molecule has 12 aromatic rings. The summed E-state index contributed by atoms with van der Waals surface area (Å²) in [7, 11) is 0. The molecule has 0 fully saturated rings. The lowest BCUT2D eigenvalue weighted by atomic mass is 9.70. The maximum Gasteiger partial charge on any atom is 0.0726 e. The molecule has 0 unspecified atom stereocenters. The molecule has 2 heterocycles. The van der Waals surface area contributed by atoms with E-state index in [1.807, 2.05) is 11.3 Å². The number of anilines is 3. The van der Waals surface area contributed by atoms with E-state index in [0.717, 1.165) is 17.1 Å². The minimum atomic E-state index is -0.464. The molecule has 0 N–H and O–H groups in total. The first-order valence-corrected chi connectivity index (χ1v) is 22.9. The Morgan fingerprint density at radius 2 is 0.906 bits per heavy atom. The number of rotatable bonds is 5. The number of aromatic nitrogens is 1. The van der Waals surface area contributed by atoms with E-state index in [1.165, 1.54) is 103 Å². The first-order valence-electron chi connectivity index (χ1n) is 22.1. The monoisotopic (exact) mass is 830 g/mol. The van der Waals surface area contributed by atoms with Gasteiger partial charge in [0.05, 0.1) is 16.4 Å². The second-order valence-corrected chi connectivity index (χ2v) is 18.2. The van der Waals surface area contributed by atoms with Crippen molar-refractivity contribution in [1.82, 2.24) is 4.57 Å². The standard InChI is InChI=1S/C61H38N2S/c1-4-16-39(17-5-1)40-28-30-43(31-29-40)62(41-18-6-2-7-19-41)44-32-35-53-50(38-44)57-54(61(53)51-25-13-10-22-45(51)46-23-11-14-26-52(46)61)36-33-47-48-34-37-56-58(60(48)64-59(47)57)49-24-12-15-27-55(49)63(56)42-20-8-3-9-21-42/h1-38H. The van der Waals surface area contributed by atoms with Gasteiger partial charge in [-0.05, 0) is 111 Å². The predicted octanol–water partition coefficient (Wildman–Crippen LogP) is 16.6. The third-order valence-electron chi connectivity index (χ3n) is 14.0. The zero-order valence-electron chi connectivity index (χ0n) is 34.7. The summed E-state index contributed by atoms with van der Waals surface area (Å²) >= 11 is 1.97. The van der Waals surface area contributed by atoms with Crippen molar-refractivity contribution in [2.24, 2.45) is 0 Å². The molecule has 10 aromatic carbocycles. The first kappa shape index (κ1) is 35.6. The summed E-state index contributed by atoms with van der Waals surface area (Å²) in [6.07, 6.45) is 0. The van der Waals surface area contributed by atoms with E-state index in [0.29, 0.717) is 0 Å². The normalized spacial score (nSPS) is 13.1. The van der Waals surface area contributed by atoms with E-state index >= 15 is 0 Å². The van der Waals surface area contributed by atoms with E-state index in [9.17, 15) is 0 Å². The Kier molecular flexibility index (Phi) is 7.51. The van der Waals surface area contributed by atoms with Gasteiger partial charge in [0, 0.05) is 59.3 Å². The fraction of sp³-hybridized carbons (Fsp3) is 0.0164. The van der Waals surface area contributed by atoms with Gasteiger partial charge in [0.1, 0.15) is 0 Å². The Labute approximate surface area is 375 Å². The van der Waals surface area contributed by atoms with Crippen molar-refractivity contribution in [3.8, 4) is 39.1 Å². The van der Waals surface area contributed by atoms with Crippen LogP contribution in [-0.2, 0) is 5.41 Å². The second kappa shape index (κ2) is 13.5. The van der Waals surface area contributed by atoms with Crippen molar-refractivity contribution >= 4 is 70.4 Å². The van der Waals surface area contributed by atoms with Crippen LogP contribution in [0.4, 0.5) is 17.1 Å². The molecule has 0 atom stereocenters. The van der Waals surface area contributed by atoms with Gasteiger partial charge in [0.15, 0.2) is 0 Å². The summed E-state index contributed by atoms with van der Waals surface area (Å²) in [6.45, 7) is 0. The number of hydrogen-bond acceptors (Lipinski definition) is 2. The van der Waals surface area contributed by atoms with Crippen molar-refractivity contribution in [2.45, 2.75) is 5.41 Å². The Bertz CT molecular complexity index is 3780. The highest BCUT2D eigenvalue weighted by Crippen LogP contribution is 2.65. The van der Waals surface area contributed by atoms with Gasteiger partial charge in [-0.1, -0.05) is 170 Å². The smallest absolute Gasteiger partial charge is 0.0726 e. The van der Waals surface area contributed by atoms with Crippen LogP contribution in [0.3, 0.4) is 0 Å². The molecule has 0 bridgehead atoms. The summed E-state index contributed by atoms with van der Waals surface area (Å²) in [6, 6.07) is 85.4. The topological polar surface area (TPSA) is 8.17 Å². The summed E-state index contributed by atoms with van der Waals surface area (Å²) in [5.74, 6) is 0. The molecule has 0 amide bonds. The van der Waals surface area contributed by atoms with Crippen LogP contribution in [0, 0.1) is 0 Å². The van der Waals surface area contributed by atoms with E-state index in [-0.39, 0.29) is 0 Å². The molecule has 1 spiro atoms. The molecule has 298 valence electrons. The summed E-state index contributed by atoms with van der Waals surface area (Å²) in [5.41, 5.74) is 19.6. The molecule has 2 aromatic heterocycles. The number of para-hydroxylation sites is 3. The van der Waals surface area contributed by atoms with Gasteiger partial charge in [-0.2, -0.15) is 0 Å². The molecule has 0 radical (unpaired) electrons. The van der Waals surface area contributed by atoms with Gasteiger partial charge in [0.2, 0.25) is 0 Å². The van der Waals surface area contributed by atoms with Crippen LogP contribution in [0.15, 0.2) is 231 Å². The summed E-state index contributed by atoms with van der Waals surface area (Å²) < 4.78 is 5.11. The lowest BCUT2D eigenvalue weighted by molar-refractivity contribution is 0.794. The fourth-order valence-electron chi connectivity index (χ4n) is 11.4. The van der Waals surface area contributed by atoms with Crippen LogP contribution < -0.4 is 4.90 Å². The molecule has 0 saturated heterocycles. The molecule has 2 nitrogen and oxygen atoms in total. The summed E-state index contributed by atoms with van der Waals surface area (Å²) in [5, 5.41) is 5.22. The maximum atomic E-state index is 2.49. The molecular weight excluding hydrogens is 793 g/mol. The molecule has 64 heavy (non-hydrogen) atoms. The molecule has 14 rings (SSSR count). The highest BCUT2D eigenvalue weighted by molar-refractivity contribution is 7.27. The van der Waals surface area contributed by atoms with E-state index in [1.54, 1.807) is 0 Å². The quantitative estimate of drug-likeness (QED) is 0.168. The molecule has 2 aliphatic carbocycles. The van der Waals surface area contributed by atoms with Crippen molar-refractivity contribution in [2.75, 3.05) is 4.90 Å². The number of hydrogen-bond donors (Lipinski definition) is 0. The Balaban J connectivity index is 1.07. The van der Waals surface area contributed by atoms with Gasteiger partial charge >= 0.3 is 0 Å². The fourth-order valence-corrected chi connectivity index (χ4v) is 12.8. The minimum Gasteiger partial charge on any atom is -0.310 e. The Morgan fingerprint density at radius 1 is 0.359 bits per heavy atom. The van der Waals surface area contributed by atoms with Crippen molar-refractivity contribution in [3.05, 3.63) is 253 Å². The average molecular weight is 831 g/mol. The van der Waals surface area contributed by atoms with Gasteiger partial charge < -0.3 is 9.47 Å².